The van der Waals surface area contributed by atoms with Crippen molar-refractivity contribution in [1.82, 2.24) is 14.9 Å². The SMILES string of the molecule is CCCS(=O)(=O)N1CCC(NC(=NCCc2ccc(F)cc2F)NCC)CC1. The summed E-state index contributed by atoms with van der Waals surface area (Å²) >= 11 is 0. The lowest BCUT2D eigenvalue weighted by Crippen LogP contribution is -2.50. The first-order valence-corrected chi connectivity index (χ1v) is 11.4. The molecule has 0 amide bonds. The van der Waals surface area contributed by atoms with Crippen LogP contribution in [0, 0.1) is 11.6 Å². The Hall–Kier alpha value is -1.74. The normalized spacial score (nSPS) is 16.9. The van der Waals surface area contributed by atoms with E-state index in [0.717, 1.165) is 6.07 Å². The number of rotatable bonds is 8. The second-order valence-electron chi connectivity index (χ2n) is 6.88. The zero-order valence-electron chi connectivity index (χ0n) is 16.5. The molecule has 6 nitrogen and oxygen atoms in total. The average Bonchev–Trinajstić information content (AvgIpc) is 2.64. The van der Waals surface area contributed by atoms with Crippen molar-refractivity contribution in [2.75, 3.05) is 31.9 Å². The smallest absolute Gasteiger partial charge is 0.214 e. The van der Waals surface area contributed by atoms with Gasteiger partial charge in [-0.15, -0.1) is 0 Å². The molecule has 0 atom stereocenters. The van der Waals surface area contributed by atoms with E-state index in [-0.39, 0.29) is 11.8 Å². The molecule has 0 bridgehead atoms. The van der Waals surface area contributed by atoms with Crippen LogP contribution < -0.4 is 10.6 Å². The molecule has 1 aromatic carbocycles. The third-order valence-electron chi connectivity index (χ3n) is 4.66. The number of piperidine rings is 1. The number of halogens is 2. The summed E-state index contributed by atoms with van der Waals surface area (Å²) in [6, 6.07) is 3.69. The fraction of sp³-hybridized carbons (Fsp3) is 0.632. The predicted octanol–water partition coefficient (Wildman–Crippen LogP) is 2.27. The molecule has 0 aromatic heterocycles. The first-order chi connectivity index (χ1) is 13.4. The molecule has 28 heavy (non-hydrogen) atoms. The molecule has 0 aliphatic carbocycles. The van der Waals surface area contributed by atoms with Gasteiger partial charge in [0.15, 0.2) is 5.96 Å². The Morgan fingerprint density at radius 3 is 2.57 bits per heavy atom. The lowest BCUT2D eigenvalue weighted by molar-refractivity contribution is 0.306. The number of aliphatic imine (C=N–C) groups is 1. The fourth-order valence-electron chi connectivity index (χ4n) is 3.19. The van der Waals surface area contributed by atoms with Gasteiger partial charge in [0, 0.05) is 38.3 Å². The van der Waals surface area contributed by atoms with Gasteiger partial charge in [0.2, 0.25) is 10.0 Å². The topological polar surface area (TPSA) is 73.8 Å². The summed E-state index contributed by atoms with van der Waals surface area (Å²) in [5, 5.41) is 6.49. The monoisotopic (exact) mass is 416 g/mol. The molecular formula is C19H30F2N4O2S. The average molecular weight is 417 g/mol. The van der Waals surface area contributed by atoms with Gasteiger partial charge in [0.25, 0.3) is 0 Å². The summed E-state index contributed by atoms with van der Waals surface area (Å²) < 4.78 is 52.6. The van der Waals surface area contributed by atoms with E-state index in [4.69, 9.17) is 0 Å². The Kier molecular flexibility index (Phi) is 8.62. The second kappa shape index (κ2) is 10.7. The van der Waals surface area contributed by atoms with Crippen molar-refractivity contribution in [2.45, 2.75) is 45.6 Å². The number of sulfonamides is 1. The third-order valence-corrected chi connectivity index (χ3v) is 6.74. The van der Waals surface area contributed by atoms with E-state index in [1.54, 1.807) is 4.31 Å². The van der Waals surface area contributed by atoms with Gasteiger partial charge in [0.05, 0.1) is 5.75 Å². The van der Waals surface area contributed by atoms with Crippen LogP contribution >= 0.6 is 0 Å². The van der Waals surface area contributed by atoms with Crippen LogP contribution in [0.2, 0.25) is 0 Å². The molecule has 2 rings (SSSR count). The van der Waals surface area contributed by atoms with E-state index in [9.17, 15) is 17.2 Å². The number of hydrogen-bond acceptors (Lipinski definition) is 3. The summed E-state index contributed by atoms with van der Waals surface area (Å²) in [5.74, 6) is -0.337. The van der Waals surface area contributed by atoms with Gasteiger partial charge in [-0.25, -0.2) is 21.5 Å². The molecule has 1 aliphatic heterocycles. The largest absolute Gasteiger partial charge is 0.357 e. The van der Waals surface area contributed by atoms with Crippen LogP contribution in [0.3, 0.4) is 0 Å². The Balaban J connectivity index is 1.88. The summed E-state index contributed by atoms with van der Waals surface area (Å²) in [4.78, 5) is 4.47. The Morgan fingerprint density at radius 1 is 1.25 bits per heavy atom. The van der Waals surface area contributed by atoms with Crippen LogP contribution in [0.1, 0.15) is 38.7 Å². The Labute approximate surface area is 166 Å². The molecule has 9 heteroatoms. The van der Waals surface area contributed by atoms with Crippen LogP contribution in [-0.4, -0.2) is 56.7 Å². The van der Waals surface area contributed by atoms with Crippen LogP contribution in [0.4, 0.5) is 8.78 Å². The van der Waals surface area contributed by atoms with Gasteiger partial charge in [-0.3, -0.25) is 4.99 Å². The van der Waals surface area contributed by atoms with Crippen LogP contribution in [0.5, 0.6) is 0 Å². The maximum Gasteiger partial charge on any atom is 0.214 e. The quantitative estimate of drug-likeness (QED) is 0.504. The van der Waals surface area contributed by atoms with Crippen molar-refractivity contribution in [2.24, 2.45) is 4.99 Å². The van der Waals surface area contributed by atoms with E-state index in [2.05, 4.69) is 15.6 Å². The number of nitrogens with one attached hydrogen (secondary N) is 2. The number of benzene rings is 1. The maximum absolute atomic E-state index is 13.7. The molecule has 1 aromatic rings. The number of guanidine groups is 1. The molecule has 1 saturated heterocycles. The lowest BCUT2D eigenvalue weighted by Gasteiger charge is -2.32. The molecule has 0 radical (unpaired) electrons. The van der Waals surface area contributed by atoms with Crippen LogP contribution in [0.15, 0.2) is 23.2 Å². The summed E-state index contributed by atoms with van der Waals surface area (Å²) in [6.07, 6.45) is 2.41. The van der Waals surface area contributed by atoms with Crippen LogP contribution in [0.25, 0.3) is 0 Å². The molecule has 1 aliphatic rings. The Morgan fingerprint density at radius 2 is 1.96 bits per heavy atom. The molecule has 0 unspecified atom stereocenters. The van der Waals surface area contributed by atoms with Crippen molar-refractivity contribution in [3.63, 3.8) is 0 Å². The van der Waals surface area contributed by atoms with E-state index in [1.807, 2.05) is 13.8 Å². The zero-order valence-corrected chi connectivity index (χ0v) is 17.4. The number of hydrogen-bond donors (Lipinski definition) is 2. The Bertz CT molecular complexity index is 763. The number of nitrogens with zero attached hydrogens (tertiary/aromatic N) is 2. The van der Waals surface area contributed by atoms with Crippen molar-refractivity contribution in [3.8, 4) is 0 Å². The predicted molar refractivity (Wildman–Crippen MR) is 108 cm³/mol. The fourth-order valence-corrected chi connectivity index (χ4v) is 4.73. The third kappa shape index (κ3) is 6.70. The lowest BCUT2D eigenvalue weighted by atomic mass is 10.1. The maximum atomic E-state index is 13.7. The highest BCUT2D eigenvalue weighted by Gasteiger charge is 2.27. The summed E-state index contributed by atoms with van der Waals surface area (Å²) in [6.45, 7) is 5.86. The van der Waals surface area contributed by atoms with Gasteiger partial charge in [-0.2, -0.15) is 0 Å². The highest BCUT2D eigenvalue weighted by molar-refractivity contribution is 7.89. The molecule has 1 fully saturated rings. The highest BCUT2D eigenvalue weighted by Crippen LogP contribution is 2.15. The molecule has 0 spiro atoms. The van der Waals surface area contributed by atoms with E-state index in [1.165, 1.54) is 12.1 Å². The molecule has 158 valence electrons. The zero-order chi connectivity index (χ0) is 20.6. The minimum Gasteiger partial charge on any atom is -0.357 e. The van der Waals surface area contributed by atoms with E-state index in [0.29, 0.717) is 63.4 Å². The van der Waals surface area contributed by atoms with Gasteiger partial charge >= 0.3 is 0 Å². The second-order valence-corrected chi connectivity index (χ2v) is 8.97. The van der Waals surface area contributed by atoms with Crippen molar-refractivity contribution in [1.29, 1.82) is 0 Å². The van der Waals surface area contributed by atoms with Gasteiger partial charge in [-0.05, 0) is 44.2 Å². The molecule has 2 N–H and O–H groups in total. The summed E-state index contributed by atoms with van der Waals surface area (Å²) in [5.41, 5.74) is 0.426. The van der Waals surface area contributed by atoms with E-state index < -0.39 is 21.7 Å². The minimum atomic E-state index is -3.15. The molecule has 0 saturated carbocycles. The van der Waals surface area contributed by atoms with Crippen molar-refractivity contribution >= 4 is 16.0 Å². The van der Waals surface area contributed by atoms with Crippen molar-refractivity contribution < 1.29 is 17.2 Å². The summed E-state index contributed by atoms with van der Waals surface area (Å²) in [7, 11) is -3.15. The van der Waals surface area contributed by atoms with Gasteiger partial charge in [0.1, 0.15) is 11.6 Å². The van der Waals surface area contributed by atoms with Gasteiger partial charge in [-0.1, -0.05) is 13.0 Å². The first-order valence-electron chi connectivity index (χ1n) is 9.82. The molecule has 1 heterocycles. The van der Waals surface area contributed by atoms with Crippen LogP contribution in [-0.2, 0) is 16.4 Å². The first kappa shape index (κ1) is 22.5. The van der Waals surface area contributed by atoms with Gasteiger partial charge < -0.3 is 10.6 Å². The molecular weight excluding hydrogens is 386 g/mol. The van der Waals surface area contributed by atoms with E-state index >= 15 is 0 Å². The minimum absolute atomic E-state index is 0.133. The standard InChI is InChI=1S/C19H30F2N4O2S/c1-3-13-28(26,27)25-11-8-17(9-12-25)24-19(22-4-2)23-10-7-15-5-6-16(20)14-18(15)21/h5-6,14,17H,3-4,7-13H2,1-2H3,(H2,22,23,24). The highest BCUT2D eigenvalue weighted by atomic mass is 32.2. The van der Waals surface area contributed by atoms with Crippen molar-refractivity contribution in [3.05, 3.63) is 35.4 Å².